The van der Waals surface area contributed by atoms with E-state index in [9.17, 15) is 4.79 Å². The molecule has 1 amide bonds. The summed E-state index contributed by atoms with van der Waals surface area (Å²) in [6.07, 6.45) is 1.73. The van der Waals surface area contributed by atoms with Crippen molar-refractivity contribution in [1.29, 1.82) is 0 Å². The number of amides is 1. The molecule has 4 rings (SSSR count). The fourth-order valence-corrected chi connectivity index (χ4v) is 5.07. The Morgan fingerprint density at radius 1 is 1.08 bits per heavy atom. The maximum Gasteiger partial charge on any atom is 0.269 e. The van der Waals surface area contributed by atoms with Gasteiger partial charge in [0.2, 0.25) is 0 Å². The van der Waals surface area contributed by atoms with Gasteiger partial charge in [0, 0.05) is 53.9 Å². The van der Waals surface area contributed by atoms with Gasteiger partial charge in [-0.1, -0.05) is 53.5 Å². The van der Waals surface area contributed by atoms with Crippen LogP contribution in [0, 0.1) is 0 Å². The molecular formula is C28H32Cl2N4O3. The second-order valence-electron chi connectivity index (χ2n) is 9.03. The molecule has 0 saturated heterocycles. The van der Waals surface area contributed by atoms with Crippen LogP contribution in [0.15, 0.2) is 54.7 Å². The van der Waals surface area contributed by atoms with Gasteiger partial charge in [-0.25, -0.2) is 0 Å². The monoisotopic (exact) mass is 542 g/mol. The van der Waals surface area contributed by atoms with Crippen LogP contribution in [0.5, 0.6) is 0 Å². The first-order valence-electron chi connectivity index (χ1n) is 12.3. The lowest BCUT2D eigenvalue weighted by Gasteiger charge is -2.33. The zero-order valence-corrected chi connectivity index (χ0v) is 22.4. The van der Waals surface area contributed by atoms with Crippen LogP contribution in [0.3, 0.4) is 0 Å². The first-order valence-corrected chi connectivity index (χ1v) is 13.1. The number of hydrogen-bond donors (Lipinski definition) is 2. The Morgan fingerprint density at radius 2 is 1.89 bits per heavy atom. The molecule has 0 bridgehead atoms. The number of carbonyl (C=O) groups is 1. The molecule has 1 aromatic heterocycles. The Hall–Kier alpha value is -2.52. The normalized spacial score (nSPS) is 15.4. The molecule has 0 fully saturated rings. The molecule has 0 saturated carbocycles. The number of fused-ring (bicyclic) bond motifs is 1. The number of nitrogens with two attached hydrogens (primary N) is 1. The highest BCUT2D eigenvalue weighted by Gasteiger charge is 2.27. The van der Waals surface area contributed by atoms with Gasteiger partial charge in [-0.2, -0.15) is 0 Å². The molecule has 196 valence electrons. The van der Waals surface area contributed by atoms with Gasteiger partial charge >= 0.3 is 0 Å². The van der Waals surface area contributed by atoms with E-state index >= 15 is 0 Å². The van der Waals surface area contributed by atoms with Crippen molar-refractivity contribution >= 4 is 29.1 Å². The minimum absolute atomic E-state index is 0.150. The summed E-state index contributed by atoms with van der Waals surface area (Å²) in [4.78, 5) is 19.1. The van der Waals surface area contributed by atoms with Gasteiger partial charge in [-0.3, -0.25) is 9.78 Å². The molecule has 0 aliphatic carbocycles. The number of aromatic nitrogens is 1. The zero-order valence-electron chi connectivity index (χ0n) is 20.9. The standard InChI is InChI=1S/C28H32Cl2N4O3/c1-34-17-24(23-14-22(29)15-26(30)25(23)18-34)20-4-2-3-19(13-20)21-5-6-27(33-16-21)28(35)32-8-10-37-12-11-36-9-7-31/h2-6,13-16,24H,7-12,17-18,31H2,1H3,(H,32,35)/t24-/m0/s1. The predicted molar refractivity (Wildman–Crippen MR) is 147 cm³/mol. The molecule has 3 N–H and O–H groups in total. The lowest BCUT2D eigenvalue weighted by Crippen LogP contribution is -2.31. The summed E-state index contributed by atoms with van der Waals surface area (Å²) in [6.45, 7) is 4.42. The molecule has 2 aromatic carbocycles. The molecule has 1 aliphatic rings. The van der Waals surface area contributed by atoms with Crippen molar-refractivity contribution in [3.05, 3.63) is 87.2 Å². The van der Waals surface area contributed by atoms with Crippen LogP contribution < -0.4 is 11.1 Å². The van der Waals surface area contributed by atoms with Gasteiger partial charge in [-0.15, -0.1) is 0 Å². The summed E-state index contributed by atoms with van der Waals surface area (Å²) < 4.78 is 10.7. The highest BCUT2D eigenvalue weighted by Crippen LogP contribution is 2.39. The van der Waals surface area contributed by atoms with Crippen molar-refractivity contribution in [2.24, 2.45) is 5.73 Å². The second-order valence-corrected chi connectivity index (χ2v) is 9.88. The molecule has 37 heavy (non-hydrogen) atoms. The molecule has 7 nitrogen and oxygen atoms in total. The number of nitrogens with zero attached hydrogens (tertiary/aromatic N) is 2. The number of likely N-dealkylation sites (N-methyl/N-ethyl adjacent to an activating group) is 1. The van der Waals surface area contributed by atoms with Crippen LogP contribution in [-0.4, -0.2) is 68.9 Å². The van der Waals surface area contributed by atoms with Gasteiger partial charge < -0.3 is 25.4 Å². The van der Waals surface area contributed by atoms with E-state index < -0.39 is 0 Å². The van der Waals surface area contributed by atoms with Crippen molar-refractivity contribution in [1.82, 2.24) is 15.2 Å². The minimum atomic E-state index is -0.237. The smallest absolute Gasteiger partial charge is 0.269 e. The van der Waals surface area contributed by atoms with E-state index in [-0.39, 0.29) is 11.8 Å². The Kier molecular flexibility index (Phi) is 9.91. The average molecular weight is 543 g/mol. The van der Waals surface area contributed by atoms with Crippen molar-refractivity contribution in [3.8, 4) is 11.1 Å². The third kappa shape index (κ3) is 7.29. The summed E-state index contributed by atoms with van der Waals surface area (Å²) in [7, 11) is 2.10. The quantitative estimate of drug-likeness (QED) is 0.350. The fourth-order valence-electron chi connectivity index (χ4n) is 4.50. The Balaban J connectivity index is 1.40. The molecule has 0 spiro atoms. The highest BCUT2D eigenvalue weighted by atomic mass is 35.5. The first kappa shape index (κ1) is 27.5. The summed E-state index contributed by atoms with van der Waals surface area (Å²) in [6, 6.07) is 15.9. The zero-order chi connectivity index (χ0) is 26.2. The molecule has 0 unspecified atom stereocenters. The van der Waals surface area contributed by atoms with E-state index in [0.29, 0.717) is 55.3 Å². The summed E-state index contributed by atoms with van der Waals surface area (Å²) in [5.41, 5.74) is 11.2. The van der Waals surface area contributed by atoms with Gasteiger partial charge in [0.05, 0.1) is 26.4 Å². The van der Waals surface area contributed by atoms with E-state index in [4.69, 9.17) is 38.4 Å². The van der Waals surface area contributed by atoms with Gasteiger partial charge in [0.15, 0.2) is 0 Å². The number of hydrogen-bond acceptors (Lipinski definition) is 6. The average Bonchev–Trinajstić information content (AvgIpc) is 2.90. The third-order valence-corrected chi connectivity index (χ3v) is 6.83. The number of halogens is 2. The van der Waals surface area contributed by atoms with Crippen LogP contribution in [0.1, 0.15) is 33.1 Å². The Bertz CT molecular complexity index is 1210. The number of pyridine rings is 1. The van der Waals surface area contributed by atoms with E-state index in [2.05, 4.69) is 34.4 Å². The van der Waals surface area contributed by atoms with Crippen LogP contribution in [-0.2, 0) is 16.0 Å². The van der Waals surface area contributed by atoms with Crippen molar-refractivity contribution in [3.63, 3.8) is 0 Å². The lowest BCUT2D eigenvalue weighted by atomic mass is 9.84. The maximum absolute atomic E-state index is 12.4. The van der Waals surface area contributed by atoms with Crippen LogP contribution in [0.2, 0.25) is 10.0 Å². The molecule has 1 atom stereocenters. The number of ether oxygens (including phenoxy) is 2. The molecule has 3 aromatic rings. The van der Waals surface area contributed by atoms with E-state index in [1.807, 2.05) is 30.3 Å². The molecule has 0 radical (unpaired) electrons. The SMILES string of the molecule is CN1Cc2c(Cl)cc(Cl)cc2[C@H](c2cccc(-c3ccc(C(=O)NCCOCCOCCN)nc3)c2)C1. The third-order valence-electron chi connectivity index (χ3n) is 6.28. The topological polar surface area (TPSA) is 89.7 Å². The second kappa shape index (κ2) is 13.3. The lowest BCUT2D eigenvalue weighted by molar-refractivity contribution is 0.0511. The van der Waals surface area contributed by atoms with Gasteiger partial charge in [-0.05, 0) is 47.5 Å². The molecule has 1 aliphatic heterocycles. The molecular weight excluding hydrogens is 511 g/mol. The van der Waals surface area contributed by atoms with E-state index in [1.54, 1.807) is 12.3 Å². The highest BCUT2D eigenvalue weighted by molar-refractivity contribution is 6.35. The van der Waals surface area contributed by atoms with Crippen molar-refractivity contribution in [2.75, 3.05) is 53.1 Å². The first-order chi connectivity index (χ1) is 18.0. The van der Waals surface area contributed by atoms with E-state index in [1.165, 1.54) is 11.1 Å². The van der Waals surface area contributed by atoms with Crippen molar-refractivity contribution < 1.29 is 14.3 Å². The largest absolute Gasteiger partial charge is 0.378 e. The number of benzene rings is 2. The Morgan fingerprint density at radius 3 is 2.65 bits per heavy atom. The summed E-state index contributed by atoms with van der Waals surface area (Å²) in [5.74, 6) is -0.0868. The minimum Gasteiger partial charge on any atom is -0.378 e. The maximum atomic E-state index is 12.4. The molecule has 2 heterocycles. The number of carbonyl (C=O) groups excluding carboxylic acids is 1. The number of rotatable bonds is 11. The van der Waals surface area contributed by atoms with Crippen LogP contribution in [0.25, 0.3) is 11.1 Å². The van der Waals surface area contributed by atoms with Crippen LogP contribution >= 0.6 is 23.2 Å². The molecule has 9 heteroatoms. The predicted octanol–water partition coefficient (Wildman–Crippen LogP) is 4.35. The van der Waals surface area contributed by atoms with Gasteiger partial charge in [0.1, 0.15) is 5.69 Å². The van der Waals surface area contributed by atoms with E-state index in [0.717, 1.165) is 29.8 Å². The Labute approximate surface area is 227 Å². The fraction of sp³-hybridized carbons (Fsp3) is 0.357. The van der Waals surface area contributed by atoms with Crippen molar-refractivity contribution in [2.45, 2.75) is 12.5 Å². The summed E-state index contributed by atoms with van der Waals surface area (Å²) >= 11 is 12.9. The van der Waals surface area contributed by atoms with Crippen LogP contribution in [0.4, 0.5) is 0 Å². The number of nitrogens with one attached hydrogen (secondary N) is 1. The van der Waals surface area contributed by atoms with Gasteiger partial charge in [0.25, 0.3) is 5.91 Å². The summed E-state index contributed by atoms with van der Waals surface area (Å²) in [5, 5.41) is 4.18.